The summed E-state index contributed by atoms with van der Waals surface area (Å²) in [6.07, 6.45) is 1.14. The molecule has 0 N–H and O–H groups in total. The van der Waals surface area contributed by atoms with E-state index >= 15 is 0 Å². The van der Waals surface area contributed by atoms with Gasteiger partial charge in [0.05, 0.1) is 0 Å². The summed E-state index contributed by atoms with van der Waals surface area (Å²) >= 11 is 0. The monoisotopic (exact) mass is 349 g/mol. The van der Waals surface area contributed by atoms with Crippen LogP contribution in [-0.4, -0.2) is 58.9 Å². The average molecular weight is 350 g/mol. The Labute approximate surface area is 144 Å². The second kappa shape index (κ2) is 13.3. The molecule has 0 saturated carbocycles. The van der Waals surface area contributed by atoms with Crippen LogP contribution < -0.4 is 0 Å². The molecule has 0 aromatic carbocycles. The summed E-state index contributed by atoms with van der Waals surface area (Å²) in [7, 11) is -2.05. The summed E-state index contributed by atoms with van der Waals surface area (Å²) in [6, 6.07) is 2.01. The Hall–Kier alpha value is 0.0169. The summed E-state index contributed by atoms with van der Waals surface area (Å²) in [5.74, 6) is 0. The third kappa shape index (κ3) is 8.61. The lowest BCUT2D eigenvalue weighted by Crippen LogP contribution is -2.46. The van der Waals surface area contributed by atoms with Gasteiger partial charge in [-0.3, -0.25) is 4.90 Å². The first-order valence-corrected chi connectivity index (χ1v) is 11.5. The fourth-order valence-corrected chi connectivity index (χ4v) is 5.84. The van der Waals surface area contributed by atoms with E-state index in [1.165, 1.54) is 0 Å². The summed E-state index contributed by atoms with van der Waals surface area (Å²) < 4.78 is 23.6. The van der Waals surface area contributed by atoms with Crippen LogP contribution in [0, 0.1) is 0 Å². The molecule has 0 spiro atoms. The highest BCUT2D eigenvalue weighted by Gasteiger charge is 2.35. The van der Waals surface area contributed by atoms with Crippen LogP contribution in [0.15, 0.2) is 0 Å². The van der Waals surface area contributed by atoms with Gasteiger partial charge in [-0.1, -0.05) is 6.92 Å². The first-order valence-electron chi connectivity index (χ1n) is 9.26. The van der Waals surface area contributed by atoms with Crippen molar-refractivity contribution in [3.05, 3.63) is 0 Å². The van der Waals surface area contributed by atoms with Crippen LogP contribution in [0.4, 0.5) is 0 Å². The zero-order valence-electron chi connectivity index (χ0n) is 16.4. The molecule has 0 radical (unpaired) electrons. The molecule has 140 valence electrons. The molecule has 6 heteroatoms. The summed E-state index contributed by atoms with van der Waals surface area (Å²) in [4.78, 5) is 2.28. The molecule has 0 aromatic rings. The number of hydrogen-bond donors (Lipinski definition) is 0. The topological polar surface area (TPSA) is 40.2 Å². The van der Waals surface area contributed by atoms with Gasteiger partial charge in [0, 0.05) is 33.0 Å². The zero-order chi connectivity index (χ0) is 17.7. The Balaban J connectivity index is 4.68. The van der Waals surface area contributed by atoms with Gasteiger partial charge < -0.3 is 18.3 Å². The third-order valence-corrected chi connectivity index (χ3v) is 7.90. The van der Waals surface area contributed by atoms with Gasteiger partial charge in [-0.15, -0.1) is 0 Å². The highest BCUT2D eigenvalue weighted by molar-refractivity contribution is 6.67. The van der Waals surface area contributed by atoms with Crippen molar-refractivity contribution >= 4 is 8.56 Å². The van der Waals surface area contributed by atoms with E-state index in [-0.39, 0.29) is 12.5 Å². The lowest BCUT2D eigenvalue weighted by Gasteiger charge is -2.35. The summed E-state index contributed by atoms with van der Waals surface area (Å²) in [5.41, 5.74) is 0. The number of nitrogens with zero attached hydrogens (tertiary/aromatic N) is 1. The molecule has 2 atom stereocenters. The standard InChI is InChI=1S/C17H39NO4Si/c1-8-19-16(6)18(17(7)20-9-2)14-13-15-23(12-5,21-10-3)22-11-4/h16-17H,8-15H2,1-7H3. The van der Waals surface area contributed by atoms with Crippen molar-refractivity contribution in [2.45, 2.75) is 79.4 Å². The second-order valence-electron chi connectivity index (χ2n) is 5.58. The van der Waals surface area contributed by atoms with Crippen LogP contribution in [0.1, 0.15) is 54.9 Å². The maximum Gasteiger partial charge on any atom is 0.337 e. The number of hydrogen-bond acceptors (Lipinski definition) is 5. The third-order valence-electron chi connectivity index (χ3n) is 4.08. The van der Waals surface area contributed by atoms with Crippen molar-refractivity contribution in [2.75, 3.05) is 33.0 Å². The van der Waals surface area contributed by atoms with E-state index < -0.39 is 8.56 Å². The van der Waals surface area contributed by atoms with E-state index in [0.29, 0.717) is 13.2 Å². The molecule has 0 aliphatic rings. The van der Waals surface area contributed by atoms with Gasteiger partial charge in [0.15, 0.2) is 0 Å². The lowest BCUT2D eigenvalue weighted by molar-refractivity contribution is -0.136. The second-order valence-corrected chi connectivity index (χ2v) is 9.19. The van der Waals surface area contributed by atoms with Crippen LogP contribution >= 0.6 is 0 Å². The molecule has 0 saturated heterocycles. The highest BCUT2D eigenvalue weighted by atomic mass is 28.4. The smallest absolute Gasteiger partial charge is 0.337 e. The van der Waals surface area contributed by atoms with Crippen LogP contribution in [0.25, 0.3) is 0 Å². The Kier molecular flexibility index (Phi) is 13.3. The number of rotatable bonds is 15. The normalized spacial score (nSPS) is 15.1. The molecular weight excluding hydrogens is 310 g/mol. The van der Waals surface area contributed by atoms with Crippen LogP contribution in [0.2, 0.25) is 12.1 Å². The fraction of sp³-hybridized carbons (Fsp3) is 1.00. The predicted molar refractivity (Wildman–Crippen MR) is 97.8 cm³/mol. The Morgan fingerprint density at radius 1 is 0.783 bits per heavy atom. The van der Waals surface area contributed by atoms with E-state index in [9.17, 15) is 0 Å². The molecule has 0 heterocycles. The lowest BCUT2D eigenvalue weighted by atomic mass is 10.3. The van der Waals surface area contributed by atoms with E-state index in [2.05, 4.69) is 39.5 Å². The quantitative estimate of drug-likeness (QED) is 0.330. The molecule has 0 bridgehead atoms. The summed E-state index contributed by atoms with van der Waals surface area (Å²) in [6.45, 7) is 18.3. The molecule has 5 nitrogen and oxygen atoms in total. The first-order chi connectivity index (χ1) is 11.0. The minimum atomic E-state index is -2.05. The van der Waals surface area contributed by atoms with Gasteiger partial charge in [-0.05, 0) is 60.1 Å². The fourth-order valence-electron chi connectivity index (χ4n) is 2.96. The van der Waals surface area contributed by atoms with Crippen molar-refractivity contribution in [3.8, 4) is 0 Å². The maximum absolute atomic E-state index is 6.05. The zero-order valence-corrected chi connectivity index (χ0v) is 17.4. The molecule has 0 amide bonds. The van der Waals surface area contributed by atoms with E-state index in [0.717, 1.165) is 38.3 Å². The molecule has 0 rings (SSSR count). The molecule has 0 fully saturated rings. The first kappa shape index (κ1) is 23.0. The van der Waals surface area contributed by atoms with Gasteiger partial charge >= 0.3 is 8.56 Å². The van der Waals surface area contributed by atoms with Crippen molar-refractivity contribution in [3.63, 3.8) is 0 Å². The average Bonchev–Trinajstić information content (AvgIpc) is 2.52. The largest absolute Gasteiger partial charge is 0.394 e. The van der Waals surface area contributed by atoms with Crippen LogP contribution in [0.3, 0.4) is 0 Å². The van der Waals surface area contributed by atoms with Crippen molar-refractivity contribution in [1.29, 1.82) is 0 Å². The summed E-state index contributed by atoms with van der Waals surface area (Å²) in [5, 5.41) is 0. The van der Waals surface area contributed by atoms with Crippen LogP contribution in [0.5, 0.6) is 0 Å². The van der Waals surface area contributed by atoms with Gasteiger partial charge in [0.1, 0.15) is 12.5 Å². The van der Waals surface area contributed by atoms with Gasteiger partial charge in [-0.2, -0.15) is 0 Å². The number of ether oxygens (including phenoxy) is 2. The van der Waals surface area contributed by atoms with Crippen molar-refractivity contribution in [1.82, 2.24) is 4.90 Å². The molecule has 0 aliphatic heterocycles. The van der Waals surface area contributed by atoms with E-state index in [1.54, 1.807) is 0 Å². The molecule has 2 unspecified atom stereocenters. The Morgan fingerprint density at radius 3 is 1.61 bits per heavy atom. The van der Waals surface area contributed by atoms with Crippen molar-refractivity contribution < 1.29 is 18.3 Å². The van der Waals surface area contributed by atoms with E-state index in [4.69, 9.17) is 18.3 Å². The SMILES string of the molecule is CCOC(C)N(CCC[Si](CC)(OCC)OCC)C(C)OCC. The molecule has 23 heavy (non-hydrogen) atoms. The maximum atomic E-state index is 6.05. The van der Waals surface area contributed by atoms with Gasteiger partial charge in [0.25, 0.3) is 0 Å². The van der Waals surface area contributed by atoms with Gasteiger partial charge in [0.2, 0.25) is 0 Å². The Bertz CT molecular complexity index is 263. The Morgan fingerprint density at radius 2 is 1.26 bits per heavy atom. The molecular formula is C17H39NO4Si. The molecule has 0 aromatic heterocycles. The molecule has 0 aliphatic carbocycles. The van der Waals surface area contributed by atoms with Gasteiger partial charge in [-0.25, -0.2) is 0 Å². The highest BCUT2D eigenvalue weighted by Crippen LogP contribution is 2.22. The van der Waals surface area contributed by atoms with Crippen LogP contribution in [-0.2, 0) is 18.3 Å². The predicted octanol–water partition coefficient (Wildman–Crippen LogP) is 3.98. The van der Waals surface area contributed by atoms with E-state index in [1.807, 2.05) is 13.8 Å². The minimum absolute atomic E-state index is 0.0541. The van der Waals surface area contributed by atoms with Crippen molar-refractivity contribution in [2.24, 2.45) is 0 Å². The minimum Gasteiger partial charge on any atom is -0.394 e.